The Labute approximate surface area is 86.0 Å². The first-order chi connectivity index (χ1) is 6.84. The van der Waals surface area contributed by atoms with Crippen molar-refractivity contribution in [1.82, 2.24) is 0 Å². The van der Waals surface area contributed by atoms with E-state index >= 15 is 0 Å². The van der Waals surface area contributed by atoms with Gasteiger partial charge in [0.15, 0.2) is 0 Å². The highest BCUT2D eigenvalue weighted by Crippen LogP contribution is 2.30. The summed E-state index contributed by atoms with van der Waals surface area (Å²) in [5, 5.41) is 46.5. The number of ether oxygens (including phenoxy) is 1. The average molecular weight is 221 g/mol. The Morgan fingerprint density at radius 3 is 2.33 bits per heavy atom. The second kappa shape index (κ2) is 4.05. The molecule has 1 aliphatic heterocycles. The third-order valence-corrected chi connectivity index (χ3v) is 2.48. The minimum Gasteiger partial charge on any atom is -0.507 e. The zero-order valence-corrected chi connectivity index (χ0v) is 7.95. The van der Waals surface area contributed by atoms with Gasteiger partial charge in [-0.05, 0) is 0 Å². The lowest BCUT2D eigenvalue weighted by atomic mass is 9.90. The van der Waals surface area contributed by atoms with E-state index in [2.05, 4.69) is 6.58 Å². The quantitative estimate of drug-likeness (QED) is 0.277. The number of hydrogen-bond acceptors (Lipinski definition) is 7. The van der Waals surface area contributed by atoms with Gasteiger partial charge in [-0.25, -0.2) is 0 Å². The van der Waals surface area contributed by atoms with Crippen LogP contribution in [0.1, 0.15) is 0 Å². The van der Waals surface area contributed by atoms with Crippen LogP contribution in [0, 0.1) is 0 Å². The molecule has 0 radical (unpaired) electrons. The van der Waals surface area contributed by atoms with E-state index in [-0.39, 0.29) is 0 Å². The molecule has 1 fully saturated rings. The Balaban J connectivity index is 2.97. The second-order valence-corrected chi connectivity index (χ2v) is 3.49. The molecule has 0 bridgehead atoms. The van der Waals surface area contributed by atoms with Crippen LogP contribution < -0.4 is 5.73 Å². The molecule has 0 unspecified atom stereocenters. The fraction of sp³-hybridized carbons (Fsp3) is 0.750. The molecule has 1 rings (SSSR count). The molecular weight excluding hydrogens is 206 g/mol. The first-order valence-electron chi connectivity index (χ1n) is 4.35. The zero-order chi connectivity index (χ0) is 11.8. The minimum atomic E-state index is -2.37. The SMILES string of the molecule is C=C(O)[C@]1(O)O[C@H](CO)[C@@H](O)[C@H](O)[C@H]1N. The van der Waals surface area contributed by atoms with Crippen molar-refractivity contribution >= 4 is 0 Å². The Morgan fingerprint density at radius 2 is 1.93 bits per heavy atom. The van der Waals surface area contributed by atoms with Crippen LogP contribution in [0.4, 0.5) is 0 Å². The summed E-state index contributed by atoms with van der Waals surface area (Å²) in [5.41, 5.74) is 5.38. The van der Waals surface area contributed by atoms with Gasteiger partial charge in [0.2, 0.25) is 5.79 Å². The van der Waals surface area contributed by atoms with Gasteiger partial charge >= 0.3 is 0 Å². The predicted octanol–water partition coefficient (Wildman–Crippen LogP) is -2.81. The number of nitrogens with two attached hydrogens (primary N) is 1. The highest BCUT2D eigenvalue weighted by molar-refractivity contribution is 5.10. The predicted molar refractivity (Wildman–Crippen MR) is 48.7 cm³/mol. The number of hydrogen-bond donors (Lipinski definition) is 6. The number of rotatable bonds is 2. The smallest absolute Gasteiger partial charge is 0.243 e. The van der Waals surface area contributed by atoms with Crippen LogP contribution in [0.5, 0.6) is 0 Å². The fourth-order valence-electron chi connectivity index (χ4n) is 1.45. The summed E-state index contributed by atoms with van der Waals surface area (Å²) >= 11 is 0. The molecule has 0 amide bonds. The summed E-state index contributed by atoms with van der Waals surface area (Å²) in [5.74, 6) is -3.16. The van der Waals surface area contributed by atoms with E-state index in [1.165, 1.54) is 0 Å². The third-order valence-electron chi connectivity index (χ3n) is 2.48. The molecule has 0 saturated carbocycles. The Kier molecular flexibility index (Phi) is 3.34. The lowest BCUT2D eigenvalue weighted by molar-refractivity contribution is -0.305. The van der Waals surface area contributed by atoms with E-state index < -0.39 is 42.5 Å². The van der Waals surface area contributed by atoms with Crippen molar-refractivity contribution in [1.29, 1.82) is 0 Å². The van der Waals surface area contributed by atoms with Gasteiger partial charge < -0.3 is 36.0 Å². The highest BCUT2D eigenvalue weighted by atomic mass is 16.7. The molecule has 0 spiro atoms. The first kappa shape index (κ1) is 12.4. The summed E-state index contributed by atoms with van der Waals surface area (Å²) < 4.78 is 4.80. The van der Waals surface area contributed by atoms with Crippen molar-refractivity contribution < 1.29 is 30.3 Å². The summed E-state index contributed by atoms with van der Waals surface area (Å²) in [7, 11) is 0. The fourth-order valence-corrected chi connectivity index (χ4v) is 1.45. The van der Waals surface area contributed by atoms with E-state index in [1.807, 2.05) is 0 Å². The van der Waals surface area contributed by atoms with E-state index in [0.717, 1.165) is 0 Å². The van der Waals surface area contributed by atoms with E-state index in [4.69, 9.17) is 20.7 Å². The lowest BCUT2D eigenvalue weighted by Gasteiger charge is -2.45. The third kappa shape index (κ3) is 1.85. The second-order valence-electron chi connectivity index (χ2n) is 3.49. The topological polar surface area (TPSA) is 136 Å². The van der Waals surface area contributed by atoms with Crippen molar-refractivity contribution in [3.63, 3.8) is 0 Å². The van der Waals surface area contributed by atoms with Crippen LogP contribution in [-0.4, -0.2) is 62.3 Å². The van der Waals surface area contributed by atoms with Crippen LogP contribution in [0.25, 0.3) is 0 Å². The van der Waals surface area contributed by atoms with Crippen LogP contribution in [0.15, 0.2) is 12.3 Å². The molecule has 15 heavy (non-hydrogen) atoms. The molecule has 0 aromatic carbocycles. The number of aliphatic hydroxyl groups is 5. The van der Waals surface area contributed by atoms with Crippen LogP contribution in [-0.2, 0) is 4.74 Å². The Morgan fingerprint density at radius 1 is 1.40 bits per heavy atom. The van der Waals surface area contributed by atoms with Gasteiger partial charge in [0.05, 0.1) is 12.6 Å². The van der Waals surface area contributed by atoms with Gasteiger partial charge in [-0.1, -0.05) is 6.58 Å². The van der Waals surface area contributed by atoms with Crippen molar-refractivity contribution in [3.05, 3.63) is 12.3 Å². The van der Waals surface area contributed by atoms with Crippen molar-refractivity contribution in [3.8, 4) is 0 Å². The zero-order valence-electron chi connectivity index (χ0n) is 7.95. The average Bonchev–Trinajstić information content (AvgIpc) is 2.20. The first-order valence-corrected chi connectivity index (χ1v) is 4.35. The maximum absolute atomic E-state index is 9.73. The van der Waals surface area contributed by atoms with E-state index in [0.29, 0.717) is 0 Å². The van der Waals surface area contributed by atoms with Gasteiger partial charge in [-0.3, -0.25) is 0 Å². The summed E-state index contributed by atoms with van der Waals surface area (Å²) in [6.45, 7) is 2.42. The van der Waals surface area contributed by atoms with Gasteiger partial charge in [-0.15, -0.1) is 0 Å². The summed E-state index contributed by atoms with van der Waals surface area (Å²) in [4.78, 5) is 0. The van der Waals surface area contributed by atoms with Crippen LogP contribution in [0.2, 0.25) is 0 Å². The van der Waals surface area contributed by atoms with Crippen molar-refractivity contribution in [2.24, 2.45) is 5.73 Å². The molecule has 7 nitrogen and oxygen atoms in total. The van der Waals surface area contributed by atoms with Gasteiger partial charge in [0.1, 0.15) is 24.1 Å². The summed E-state index contributed by atoms with van der Waals surface area (Å²) in [6, 6.07) is -1.45. The van der Waals surface area contributed by atoms with Gasteiger partial charge in [-0.2, -0.15) is 0 Å². The molecule has 1 saturated heterocycles. The van der Waals surface area contributed by atoms with Gasteiger partial charge in [0, 0.05) is 0 Å². The molecule has 7 N–H and O–H groups in total. The molecule has 5 atom stereocenters. The van der Waals surface area contributed by atoms with E-state index in [1.54, 1.807) is 0 Å². The van der Waals surface area contributed by atoms with Crippen molar-refractivity contribution in [2.75, 3.05) is 6.61 Å². The maximum Gasteiger partial charge on any atom is 0.243 e. The van der Waals surface area contributed by atoms with Crippen molar-refractivity contribution in [2.45, 2.75) is 30.1 Å². The summed E-state index contributed by atoms with van der Waals surface area (Å²) in [6.07, 6.45) is -4.22. The largest absolute Gasteiger partial charge is 0.507 e. The maximum atomic E-state index is 9.73. The minimum absolute atomic E-state index is 0.638. The van der Waals surface area contributed by atoms with Gasteiger partial charge in [0.25, 0.3) is 0 Å². The molecule has 1 aliphatic rings. The molecule has 1 heterocycles. The monoisotopic (exact) mass is 221 g/mol. The molecule has 7 heteroatoms. The highest BCUT2D eigenvalue weighted by Gasteiger charge is 2.53. The number of aliphatic hydroxyl groups excluding tert-OH is 4. The standard InChI is InChI=1S/C8H15NO6/c1-3(11)8(14)7(9)6(13)5(12)4(2-10)15-8/h4-7,10-14H,1-2,9H2/t4-,5-,6+,7-,8+/m1/s1. The Bertz CT molecular complexity index is 258. The molecule has 0 aromatic rings. The molecule has 0 aromatic heterocycles. The van der Waals surface area contributed by atoms with Crippen LogP contribution in [0.3, 0.4) is 0 Å². The molecular formula is C8H15NO6. The molecule has 0 aliphatic carbocycles. The normalized spacial score (nSPS) is 46.5. The molecule has 88 valence electrons. The Hall–Kier alpha value is -0.700. The van der Waals surface area contributed by atoms with E-state index in [9.17, 15) is 15.3 Å². The lowest BCUT2D eigenvalue weighted by Crippen LogP contribution is -2.68. The van der Waals surface area contributed by atoms with Crippen LogP contribution >= 0.6 is 0 Å².